The van der Waals surface area contributed by atoms with Gasteiger partial charge < -0.3 is 9.67 Å². The predicted octanol–water partition coefficient (Wildman–Crippen LogP) is 3.06. The van der Waals surface area contributed by atoms with Crippen molar-refractivity contribution in [2.24, 2.45) is 7.05 Å². The molecule has 2 aromatic rings. The van der Waals surface area contributed by atoms with E-state index >= 15 is 0 Å². The van der Waals surface area contributed by atoms with Gasteiger partial charge in [0.15, 0.2) is 0 Å². The van der Waals surface area contributed by atoms with Crippen LogP contribution in [0.3, 0.4) is 0 Å². The summed E-state index contributed by atoms with van der Waals surface area (Å²) in [5.41, 5.74) is 3.75. The lowest BCUT2D eigenvalue weighted by Gasteiger charge is -2.16. The second-order valence-electron chi connectivity index (χ2n) is 4.87. The summed E-state index contributed by atoms with van der Waals surface area (Å²) >= 11 is 0. The van der Waals surface area contributed by atoms with Gasteiger partial charge in [-0.2, -0.15) is 0 Å². The van der Waals surface area contributed by atoms with Crippen LogP contribution in [-0.2, 0) is 7.05 Å². The largest absolute Gasteiger partial charge is 0.392 e. The third-order valence-corrected chi connectivity index (χ3v) is 3.88. The molecule has 0 spiro atoms. The molecule has 0 radical (unpaired) electrons. The highest BCUT2D eigenvalue weighted by Gasteiger charge is 2.25. The van der Waals surface area contributed by atoms with Crippen molar-refractivity contribution < 1.29 is 5.11 Å². The molecular formula is C15H17NO. The first-order valence-electron chi connectivity index (χ1n) is 6.12. The second kappa shape index (κ2) is 3.74. The van der Waals surface area contributed by atoms with Crippen LogP contribution in [0.15, 0.2) is 30.3 Å². The first-order valence-corrected chi connectivity index (χ1v) is 6.12. The molecule has 0 saturated carbocycles. The molecule has 0 bridgehead atoms. The van der Waals surface area contributed by atoms with E-state index in [4.69, 9.17) is 0 Å². The molecule has 88 valence electrons. The molecule has 2 unspecified atom stereocenters. The van der Waals surface area contributed by atoms with Gasteiger partial charge >= 0.3 is 0 Å². The van der Waals surface area contributed by atoms with Crippen molar-refractivity contribution in [3.8, 4) is 0 Å². The van der Waals surface area contributed by atoms with E-state index in [1.54, 1.807) is 0 Å². The topological polar surface area (TPSA) is 25.2 Å². The van der Waals surface area contributed by atoms with Gasteiger partial charge in [-0.15, -0.1) is 0 Å². The third kappa shape index (κ3) is 1.44. The van der Waals surface area contributed by atoms with Crippen molar-refractivity contribution in [3.05, 3.63) is 41.6 Å². The molecular weight excluding hydrogens is 210 g/mol. The minimum atomic E-state index is -0.279. The van der Waals surface area contributed by atoms with Crippen LogP contribution in [0.25, 0.3) is 17.0 Å². The summed E-state index contributed by atoms with van der Waals surface area (Å²) in [6, 6.07) is 8.41. The van der Waals surface area contributed by atoms with E-state index in [2.05, 4.69) is 55.0 Å². The number of rotatable bonds is 0. The molecule has 1 aromatic carbocycles. The fourth-order valence-corrected chi connectivity index (χ4v) is 2.84. The quantitative estimate of drug-likeness (QED) is 0.735. The van der Waals surface area contributed by atoms with Gasteiger partial charge in [-0.25, -0.2) is 0 Å². The van der Waals surface area contributed by atoms with E-state index in [9.17, 15) is 5.11 Å². The predicted molar refractivity (Wildman–Crippen MR) is 71.0 cm³/mol. The second-order valence-corrected chi connectivity index (χ2v) is 4.87. The highest BCUT2D eigenvalue weighted by Crippen LogP contribution is 2.36. The Bertz CT molecular complexity index is 594. The zero-order valence-corrected chi connectivity index (χ0v) is 10.2. The molecule has 0 fully saturated rings. The lowest BCUT2D eigenvalue weighted by Crippen LogP contribution is -2.14. The average molecular weight is 227 g/mol. The molecule has 2 atom stereocenters. The zero-order valence-electron chi connectivity index (χ0n) is 10.2. The fraction of sp³-hybridized carbons (Fsp3) is 0.333. The van der Waals surface area contributed by atoms with E-state index in [1.807, 2.05) is 0 Å². The molecule has 2 nitrogen and oxygen atoms in total. The number of para-hydroxylation sites is 1. The van der Waals surface area contributed by atoms with Crippen molar-refractivity contribution in [2.75, 3.05) is 0 Å². The number of aliphatic hydroxyl groups is 1. The molecule has 17 heavy (non-hydrogen) atoms. The van der Waals surface area contributed by atoms with Crippen molar-refractivity contribution in [2.45, 2.75) is 25.4 Å². The summed E-state index contributed by atoms with van der Waals surface area (Å²) in [7, 11) is 2.09. The minimum absolute atomic E-state index is 0.186. The van der Waals surface area contributed by atoms with Crippen molar-refractivity contribution in [1.82, 2.24) is 4.57 Å². The van der Waals surface area contributed by atoms with Crippen LogP contribution in [0, 0.1) is 0 Å². The van der Waals surface area contributed by atoms with Crippen LogP contribution < -0.4 is 0 Å². The number of hydrogen-bond donors (Lipinski definition) is 1. The third-order valence-electron chi connectivity index (χ3n) is 3.88. The van der Waals surface area contributed by atoms with Gasteiger partial charge in [0.05, 0.1) is 6.10 Å². The Labute approximate surface area is 101 Å². The number of aryl methyl sites for hydroxylation is 1. The average Bonchev–Trinajstić information content (AvgIpc) is 2.53. The Balaban J connectivity index is 2.39. The van der Waals surface area contributed by atoms with Crippen LogP contribution in [0.1, 0.15) is 30.5 Å². The fourth-order valence-electron chi connectivity index (χ4n) is 2.84. The standard InChI is InChI=1S/C15H17NO/c1-10-14(17)9-5-8-13-15(10)11-6-3-4-7-12(11)16(13)2/h3-8,10,14,17H,9H2,1-2H3. The number of nitrogens with zero attached hydrogens (tertiary/aromatic N) is 1. The van der Waals surface area contributed by atoms with Crippen molar-refractivity contribution >= 4 is 17.0 Å². The van der Waals surface area contributed by atoms with Gasteiger partial charge in [0.2, 0.25) is 0 Å². The Hall–Kier alpha value is -1.54. The summed E-state index contributed by atoms with van der Waals surface area (Å²) in [5, 5.41) is 11.4. The van der Waals surface area contributed by atoms with Gasteiger partial charge in [-0.3, -0.25) is 0 Å². The van der Waals surface area contributed by atoms with E-state index in [1.165, 1.54) is 22.2 Å². The summed E-state index contributed by atoms with van der Waals surface area (Å²) in [4.78, 5) is 0. The maximum Gasteiger partial charge on any atom is 0.0641 e. The molecule has 0 saturated heterocycles. The molecule has 1 N–H and O–H groups in total. The number of aliphatic hydroxyl groups excluding tert-OH is 1. The number of aromatic nitrogens is 1. The smallest absolute Gasteiger partial charge is 0.0641 e. The van der Waals surface area contributed by atoms with Crippen LogP contribution in [0.4, 0.5) is 0 Å². The SMILES string of the molecule is CC1c2c(n(C)c3ccccc23)C=CCC1O. The van der Waals surface area contributed by atoms with Crippen LogP contribution in [0.5, 0.6) is 0 Å². The molecule has 0 amide bonds. The number of benzene rings is 1. The molecule has 1 aliphatic rings. The maximum atomic E-state index is 10.1. The molecule has 3 rings (SSSR count). The van der Waals surface area contributed by atoms with Crippen molar-refractivity contribution in [1.29, 1.82) is 0 Å². The molecule has 1 heterocycles. The highest BCUT2D eigenvalue weighted by molar-refractivity contribution is 5.89. The molecule has 2 heteroatoms. The van der Waals surface area contributed by atoms with E-state index in [0.717, 1.165) is 6.42 Å². The number of hydrogen-bond acceptors (Lipinski definition) is 1. The molecule has 1 aromatic heterocycles. The summed E-state index contributed by atoms with van der Waals surface area (Å²) < 4.78 is 2.22. The van der Waals surface area contributed by atoms with Gasteiger partial charge in [0, 0.05) is 29.6 Å². The first-order chi connectivity index (χ1) is 8.20. The van der Waals surface area contributed by atoms with Gasteiger partial charge in [0.1, 0.15) is 0 Å². The maximum absolute atomic E-state index is 10.1. The Morgan fingerprint density at radius 1 is 1.29 bits per heavy atom. The van der Waals surface area contributed by atoms with Crippen LogP contribution in [-0.4, -0.2) is 15.8 Å². The zero-order chi connectivity index (χ0) is 12.0. The highest BCUT2D eigenvalue weighted by atomic mass is 16.3. The lowest BCUT2D eigenvalue weighted by atomic mass is 9.93. The van der Waals surface area contributed by atoms with Gasteiger partial charge in [-0.05, 0) is 24.1 Å². The van der Waals surface area contributed by atoms with Crippen molar-refractivity contribution in [3.63, 3.8) is 0 Å². The van der Waals surface area contributed by atoms with Gasteiger partial charge in [-0.1, -0.05) is 31.2 Å². The first kappa shape index (κ1) is 10.6. The Morgan fingerprint density at radius 3 is 2.88 bits per heavy atom. The monoisotopic (exact) mass is 227 g/mol. The minimum Gasteiger partial charge on any atom is -0.392 e. The lowest BCUT2D eigenvalue weighted by molar-refractivity contribution is 0.154. The molecule has 1 aliphatic carbocycles. The Kier molecular flexibility index (Phi) is 2.33. The summed E-state index contributed by atoms with van der Waals surface area (Å²) in [6.07, 6.45) is 4.68. The normalized spacial score (nSPS) is 23.7. The summed E-state index contributed by atoms with van der Waals surface area (Å²) in [5.74, 6) is 0.186. The number of fused-ring (bicyclic) bond motifs is 3. The molecule has 0 aliphatic heterocycles. The van der Waals surface area contributed by atoms with Crippen LogP contribution in [0.2, 0.25) is 0 Å². The Morgan fingerprint density at radius 2 is 2.06 bits per heavy atom. The van der Waals surface area contributed by atoms with E-state index < -0.39 is 0 Å². The van der Waals surface area contributed by atoms with Crippen LogP contribution >= 0.6 is 0 Å². The van der Waals surface area contributed by atoms with E-state index in [0.29, 0.717) is 0 Å². The summed E-state index contributed by atoms with van der Waals surface area (Å²) in [6.45, 7) is 2.11. The van der Waals surface area contributed by atoms with E-state index in [-0.39, 0.29) is 12.0 Å². The van der Waals surface area contributed by atoms with Gasteiger partial charge in [0.25, 0.3) is 0 Å².